The maximum atomic E-state index is 12.7. The molecule has 2 N–H and O–H groups in total. The van der Waals surface area contributed by atoms with Gasteiger partial charge in [-0.2, -0.15) is 0 Å². The zero-order valence-electron chi connectivity index (χ0n) is 7.63. The van der Waals surface area contributed by atoms with Crippen LogP contribution in [0.15, 0.2) is 18.2 Å². The van der Waals surface area contributed by atoms with Gasteiger partial charge < -0.3 is 10.6 Å². The molecule has 0 aromatic heterocycles. The molecule has 3 heteroatoms. The van der Waals surface area contributed by atoms with E-state index in [-0.39, 0.29) is 5.82 Å². The van der Waals surface area contributed by atoms with Crippen LogP contribution in [0.3, 0.4) is 0 Å². The lowest BCUT2D eigenvalue weighted by atomic mass is 10.0. The van der Waals surface area contributed by atoms with E-state index in [1.807, 2.05) is 0 Å². The van der Waals surface area contributed by atoms with E-state index in [2.05, 4.69) is 11.8 Å². The van der Waals surface area contributed by atoms with Gasteiger partial charge in [0.25, 0.3) is 0 Å². The highest BCUT2D eigenvalue weighted by atomic mass is 19.1. The highest BCUT2D eigenvalue weighted by Gasteiger charge is 2.24. The Labute approximate surface area is 77.2 Å². The summed E-state index contributed by atoms with van der Waals surface area (Å²) in [7, 11) is 0. The van der Waals surface area contributed by atoms with Gasteiger partial charge >= 0.3 is 0 Å². The fourth-order valence-electron chi connectivity index (χ4n) is 1.66. The molecule has 13 heavy (non-hydrogen) atoms. The minimum Gasteiger partial charge on any atom is -0.397 e. The second-order valence-corrected chi connectivity index (χ2v) is 3.53. The van der Waals surface area contributed by atoms with Crippen LogP contribution in [0.4, 0.5) is 15.8 Å². The van der Waals surface area contributed by atoms with Crippen molar-refractivity contribution in [2.45, 2.75) is 19.4 Å². The van der Waals surface area contributed by atoms with Crippen molar-refractivity contribution in [3.05, 3.63) is 24.0 Å². The molecule has 0 aliphatic carbocycles. The van der Waals surface area contributed by atoms with E-state index in [4.69, 9.17) is 5.73 Å². The SMILES string of the molecule is CC1CCN1c1ccc(F)cc1N. The van der Waals surface area contributed by atoms with Crippen molar-refractivity contribution in [2.75, 3.05) is 17.2 Å². The van der Waals surface area contributed by atoms with Gasteiger partial charge in [-0.25, -0.2) is 4.39 Å². The molecule has 1 saturated heterocycles. The van der Waals surface area contributed by atoms with E-state index in [1.165, 1.54) is 18.6 Å². The van der Waals surface area contributed by atoms with E-state index >= 15 is 0 Å². The number of nitrogens with zero attached hydrogens (tertiary/aromatic N) is 1. The minimum absolute atomic E-state index is 0.269. The van der Waals surface area contributed by atoms with Crippen LogP contribution in [0.25, 0.3) is 0 Å². The van der Waals surface area contributed by atoms with Crippen LogP contribution in [0, 0.1) is 5.82 Å². The Balaban J connectivity index is 2.30. The molecule has 1 atom stereocenters. The molecule has 1 aliphatic rings. The van der Waals surface area contributed by atoms with Crippen molar-refractivity contribution in [1.29, 1.82) is 0 Å². The number of hydrogen-bond acceptors (Lipinski definition) is 2. The summed E-state index contributed by atoms with van der Waals surface area (Å²) in [5, 5.41) is 0. The summed E-state index contributed by atoms with van der Waals surface area (Å²) < 4.78 is 12.7. The molecule has 1 fully saturated rings. The standard InChI is InChI=1S/C10H13FN2/c1-7-4-5-13(7)10-3-2-8(11)6-9(10)12/h2-3,6-7H,4-5,12H2,1H3. The first-order valence-corrected chi connectivity index (χ1v) is 4.50. The molecule has 2 nitrogen and oxygen atoms in total. The lowest BCUT2D eigenvalue weighted by molar-refractivity contribution is 0.481. The van der Waals surface area contributed by atoms with Gasteiger partial charge in [0, 0.05) is 12.6 Å². The predicted octanol–water partition coefficient (Wildman–Crippen LogP) is 2.01. The first-order valence-electron chi connectivity index (χ1n) is 4.50. The van der Waals surface area contributed by atoms with Gasteiger partial charge in [0.05, 0.1) is 11.4 Å². The van der Waals surface area contributed by atoms with Crippen molar-refractivity contribution in [3.8, 4) is 0 Å². The third-order valence-corrected chi connectivity index (χ3v) is 2.62. The van der Waals surface area contributed by atoms with E-state index in [0.717, 1.165) is 12.2 Å². The third kappa shape index (κ3) is 1.34. The number of hydrogen-bond donors (Lipinski definition) is 1. The van der Waals surface area contributed by atoms with Gasteiger partial charge in [-0.05, 0) is 31.5 Å². The van der Waals surface area contributed by atoms with Crippen LogP contribution in [-0.4, -0.2) is 12.6 Å². The van der Waals surface area contributed by atoms with Gasteiger partial charge in [0.1, 0.15) is 5.82 Å². The molecule has 0 spiro atoms. The molecular formula is C10H13FN2. The first kappa shape index (κ1) is 8.35. The van der Waals surface area contributed by atoms with Gasteiger partial charge in [-0.3, -0.25) is 0 Å². The van der Waals surface area contributed by atoms with Gasteiger partial charge in [0.2, 0.25) is 0 Å². The molecule has 2 rings (SSSR count). The molecule has 0 saturated carbocycles. The van der Waals surface area contributed by atoms with Crippen molar-refractivity contribution < 1.29 is 4.39 Å². The Morgan fingerprint density at radius 3 is 2.77 bits per heavy atom. The highest BCUT2D eigenvalue weighted by Crippen LogP contribution is 2.31. The molecule has 0 amide bonds. The number of benzene rings is 1. The van der Waals surface area contributed by atoms with Crippen molar-refractivity contribution in [1.82, 2.24) is 0 Å². The summed E-state index contributed by atoms with van der Waals surface area (Å²) >= 11 is 0. The largest absolute Gasteiger partial charge is 0.397 e. The second kappa shape index (κ2) is 2.91. The van der Waals surface area contributed by atoms with Crippen LogP contribution < -0.4 is 10.6 Å². The summed E-state index contributed by atoms with van der Waals surface area (Å²) in [6.07, 6.45) is 1.19. The zero-order chi connectivity index (χ0) is 9.42. The van der Waals surface area contributed by atoms with Crippen molar-refractivity contribution in [2.24, 2.45) is 0 Å². The van der Waals surface area contributed by atoms with Gasteiger partial charge in [0.15, 0.2) is 0 Å². The average molecular weight is 180 g/mol. The number of nitrogens with two attached hydrogens (primary N) is 1. The molecule has 1 aromatic carbocycles. The van der Waals surface area contributed by atoms with Crippen molar-refractivity contribution in [3.63, 3.8) is 0 Å². The molecular weight excluding hydrogens is 167 g/mol. The first-order chi connectivity index (χ1) is 6.18. The summed E-state index contributed by atoms with van der Waals surface area (Å²) in [5.74, 6) is -0.269. The number of halogens is 1. The Kier molecular flexibility index (Phi) is 1.87. The van der Waals surface area contributed by atoms with Gasteiger partial charge in [-0.1, -0.05) is 0 Å². The number of nitrogen functional groups attached to an aromatic ring is 1. The van der Waals surface area contributed by atoms with Gasteiger partial charge in [-0.15, -0.1) is 0 Å². The maximum Gasteiger partial charge on any atom is 0.125 e. The normalized spacial score (nSPS) is 21.4. The van der Waals surface area contributed by atoms with Crippen LogP contribution in [0.5, 0.6) is 0 Å². The lowest BCUT2D eigenvalue weighted by Gasteiger charge is -2.41. The smallest absolute Gasteiger partial charge is 0.125 e. The molecule has 1 heterocycles. The number of anilines is 2. The molecule has 1 unspecified atom stereocenters. The molecule has 1 aromatic rings. The lowest BCUT2D eigenvalue weighted by Crippen LogP contribution is -2.46. The molecule has 1 aliphatic heterocycles. The summed E-state index contributed by atoms with van der Waals surface area (Å²) in [6, 6.07) is 5.12. The summed E-state index contributed by atoms with van der Waals surface area (Å²) in [4.78, 5) is 2.19. The average Bonchev–Trinajstić information content (AvgIpc) is 2.07. The highest BCUT2D eigenvalue weighted by molar-refractivity contribution is 5.68. The van der Waals surface area contributed by atoms with Crippen LogP contribution in [0.1, 0.15) is 13.3 Å². The van der Waals surface area contributed by atoms with E-state index in [1.54, 1.807) is 6.07 Å². The molecule has 0 bridgehead atoms. The molecule has 0 radical (unpaired) electrons. The summed E-state index contributed by atoms with van der Waals surface area (Å²) in [6.45, 7) is 3.17. The number of rotatable bonds is 1. The van der Waals surface area contributed by atoms with Crippen LogP contribution >= 0.6 is 0 Å². The monoisotopic (exact) mass is 180 g/mol. The maximum absolute atomic E-state index is 12.7. The topological polar surface area (TPSA) is 29.3 Å². The fourth-order valence-corrected chi connectivity index (χ4v) is 1.66. The Hall–Kier alpha value is -1.25. The second-order valence-electron chi connectivity index (χ2n) is 3.53. The quantitative estimate of drug-likeness (QED) is 0.670. The summed E-state index contributed by atoms with van der Waals surface area (Å²) in [5.41, 5.74) is 7.20. The van der Waals surface area contributed by atoms with E-state index in [0.29, 0.717) is 11.7 Å². The third-order valence-electron chi connectivity index (χ3n) is 2.62. The Bertz CT molecular complexity index is 325. The zero-order valence-corrected chi connectivity index (χ0v) is 7.63. The van der Waals surface area contributed by atoms with Crippen LogP contribution in [0.2, 0.25) is 0 Å². The predicted molar refractivity (Wildman–Crippen MR) is 52.2 cm³/mol. The van der Waals surface area contributed by atoms with E-state index in [9.17, 15) is 4.39 Å². The Morgan fingerprint density at radius 2 is 2.31 bits per heavy atom. The fraction of sp³-hybridized carbons (Fsp3) is 0.400. The minimum atomic E-state index is -0.269. The van der Waals surface area contributed by atoms with E-state index < -0.39 is 0 Å². The Morgan fingerprint density at radius 1 is 1.54 bits per heavy atom. The molecule has 70 valence electrons. The van der Waals surface area contributed by atoms with Crippen LogP contribution in [-0.2, 0) is 0 Å². The van der Waals surface area contributed by atoms with Crippen molar-refractivity contribution >= 4 is 11.4 Å².